The fraction of sp³-hybridized carbons (Fsp3) is 0.250. The zero-order valence-electron chi connectivity index (χ0n) is 21.9. The van der Waals surface area contributed by atoms with Gasteiger partial charge in [0.05, 0.1) is 16.1 Å². The van der Waals surface area contributed by atoms with Crippen LogP contribution in [0.4, 0.5) is 24.5 Å². The van der Waals surface area contributed by atoms with E-state index in [0.717, 1.165) is 6.07 Å². The monoisotopic (exact) mass is 571 g/mol. The molecule has 3 aromatic rings. The number of benzene rings is 3. The molecule has 0 heterocycles. The highest BCUT2D eigenvalue weighted by Crippen LogP contribution is 2.28. The number of carbonyl (C=O) groups excluding carboxylic acids is 3. The summed E-state index contributed by atoms with van der Waals surface area (Å²) in [5.41, 5.74) is -0.122. The summed E-state index contributed by atoms with van der Waals surface area (Å²) in [4.78, 5) is 38.2. The second kappa shape index (κ2) is 12.9. The number of amides is 3. The first-order valence-electron chi connectivity index (χ1n) is 12.0. The number of nitrogens with one attached hydrogen (secondary N) is 3. The second-order valence-electron chi connectivity index (χ2n) is 9.77. The molecule has 12 heteroatoms. The molecule has 3 amide bonds. The topological polar surface area (TPSA) is 96.5 Å². The van der Waals surface area contributed by atoms with Crippen LogP contribution in [0.3, 0.4) is 0 Å². The molecule has 0 aliphatic rings. The van der Waals surface area contributed by atoms with Crippen molar-refractivity contribution in [1.82, 2.24) is 5.32 Å². The molecule has 0 aliphatic carbocycles. The molecule has 3 rings (SSSR count). The van der Waals surface area contributed by atoms with Gasteiger partial charge in [0.1, 0.15) is 26.0 Å². The van der Waals surface area contributed by atoms with Crippen molar-refractivity contribution in [1.29, 1.82) is 0 Å². The number of carbonyl (C=O) groups is 3. The number of rotatable bonds is 9. The van der Waals surface area contributed by atoms with Crippen molar-refractivity contribution in [3.05, 3.63) is 82.1 Å². The molecule has 0 fully saturated rings. The molecule has 2 radical (unpaired) electrons. The highest BCUT2D eigenvalue weighted by molar-refractivity contribution is 6.35. The summed E-state index contributed by atoms with van der Waals surface area (Å²) in [5, 5.41) is 7.54. The zero-order chi connectivity index (χ0) is 29.6. The number of hydrogen-bond acceptors (Lipinski definition) is 4. The quantitative estimate of drug-likeness (QED) is 0.312. The summed E-state index contributed by atoms with van der Waals surface area (Å²) in [6, 6.07) is 12.3. The van der Waals surface area contributed by atoms with Crippen LogP contribution in [-0.2, 0) is 11.3 Å². The third-order valence-corrected chi connectivity index (χ3v) is 5.97. The minimum Gasteiger partial charge on any atom is -0.487 e. The average molecular weight is 572 g/mol. The Kier molecular flexibility index (Phi) is 9.86. The molecule has 0 atom stereocenters. The maximum Gasteiger partial charge on any atom is 0.272 e. The lowest BCUT2D eigenvalue weighted by Gasteiger charge is -2.18. The summed E-state index contributed by atoms with van der Waals surface area (Å²) in [7, 11) is 5.65. The lowest BCUT2D eigenvalue weighted by Crippen LogP contribution is -2.34. The molecule has 3 N–H and O–H groups in total. The lowest BCUT2D eigenvalue weighted by molar-refractivity contribution is -0.128. The van der Waals surface area contributed by atoms with Gasteiger partial charge >= 0.3 is 0 Å². The van der Waals surface area contributed by atoms with Crippen LogP contribution in [0.5, 0.6) is 5.75 Å². The number of alkyl halides is 2. The first-order valence-corrected chi connectivity index (χ1v) is 12.4. The molecule has 40 heavy (non-hydrogen) atoms. The van der Waals surface area contributed by atoms with Crippen LogP contribution in [0.15, 0.2) is 54.6 Å². The number of ether oxygens (including phenoxy) is 1. The van der Waals surface area contributed by atoms with Gasteiger partial charge in [0.2, 0.25) is 5.91 Å². The van der Waals surface area contributed by atoms with Crippen molar-refractivity contribution >= 4 is 54.0 Å². The number of halogens is 4. The maximum atomic E-state index is 14.7. The Morgan fingerprint density at radius 2 is 1.57 bits per heavy atom. The average Bonchev–Trinajstić information content (AvgIpc) is 2.88. The van der Waals surface area contributed by atoms with E-state index in [4.69, 9.17) is 24.2 Å². The molecule has 208 valence electrons. The molecule has 0 spiro atoms. The number of hydrogen-bond donors (Lipinski definition) is 3. The van der Waals surface area contributed by atoms with Gasteiger partial charge in [0.25, 0.3) is 18.2 Å². The Balaban J connectivity index is 1.87. The van der Waals surface area contributed by atoms with Gasteiger partial charge in [0.15, 0.2) is 0 Å². The second-order valence-corrected chi connectivity index (χ2v) is 10.1. The Morgan fingerprint density at radius 3 is 2.20 bits per heavy atom. The van der Waals surface area contributed by atoms with Crippen molar-refractivity contribution in [2.45, 2.75) is 33.7 Å². The zero-order valence-corrected chi connectivity index (χ0v) is 22.7. The summed E-state index contributed by atoms with van der Waals surface area (Å²) >= 11 is 6.34. The van der Waals surface area contributed by atoms with Crippen LogP contribution in [-0.4, -0.2) is 38.6 Å². The van der Waals surface area contributed by atoms with Crippen molar-refractivity contribution in [2.75, 3.05) is 17.2 Å². The summed E-state index contributed by atoms with van der Waals surface area (Å²) < 4.78 is 45.3. The molecule has 3 aromatic carbocycles. The van der Waals surface area contributed by atoms with Crippen molar-refractivity contribution in [2.24, 2.45) is 5.41 Å². The van der Waals surface area contributed by atoms with Crippen LogP contribution in [0, 0.1) is 11.2 Å². The van der Waals surface area contributed by atoms with Gasteiger partial charge in [-0.15, -0.1) is 0 Å². The van der Waals surface area contributed by atoms with Gasteiger partial charge in [-0.05, 0) is 42.0 Å². The van der Waals surface area contributed by atoms with Gasteiger partial charge < -0.3 is 20.7 Å². The third-order valence-electron chi connectivity index (χ3n) is 5.53. The largest absolute Gasteiger partial charge is 0.487 e. The van der Waals surface area contributed by atoms with E-state index in [1.165, 1.54) is 24.3 Å². The standard InChI is InChI=1S/C28H26BClF3N3O4/c1-28(2,3)27(39)34-13-15-4-10-20(31)23(24(15)30)26(38)36-18-9-11-21(40-14-22(32)33)19(12-18)25(37)35-17-7-5-16(29)6-8-17/h4-12,22H,13-14H2,1-3H3,(H,34,39)(H,35,37)(H,36,38). The van der Waals surface area contributed by atoms with E-state index in [1.54, 1.807) is 45.0 Å². The van der Waals surface area contributed by atoms with Crippen molar-refractivity contribution in [3.8, 4) is 5.75 Å². The molecule has 0 aromatic heterocycles. The summed E-state index contributed by atoms with van der Waals surface area (Å²) in [6.45, 7) is 4.17. The maximum absolute atomic E-state index is 14.7. The Hall–Kier alpha value is -3.99. The fourth-order valence-corrected chi connectivity index (χ4v) is 3.71. The van der Waals surface area contributed by atoms with Crippen molar-refractivity contribution < 1.29 is 32.3 Å². The molecule has 0 saturated carbocycles. The predicted octanol–water partition coefficient (Wildman–Crippen LogP) is 5.08. The normalized spacial score (nSPS) is 11.2. The Morgan fingerprint density at radius 1 is 0.950 bits per heavy atom. The molecular formula is C28H26BClF3N3O4. The van der Waals surface area contributed by atoms with Crippen LogP contribution in [0.25, 0.3) is 0 Å². The fourth-order valence-electron chi connectivity index (χ4n) is 3.40. The smallest absolute Gasteiger partial charge is 0.272 e. The lowest BCUT2D eigenvalue weighted by atomic mass is 9.95. The number of anilines is 2. The molecule has 0 aliphatic heterocycles. The van der Waals surface area contributed by atoms with Crippen LogP contribution >= 0.6 is 11.6 Å². The van der Waals surface area contributed by atoms with E-state index in [1.807, 2.05) is 0 Å². The molecule has 7 nitrogen and oxygen atoms in total. The first kappa shape index (κ1) is 30.6. The van der Waals surface area contributed by atoms with Gasteiger partial charge in [0, 0.05) is 23.3 Å². The predicted molar refractivity (Wildman–Crippen MR) is 148 cm³/mol. The summed E-state index contributed by atoms with van der Waals surface area (Å²) in [5.74, 6) is -2.99. The highest BCUT2D eigenvalue weighted by Gasteiger charge is 2.24. The SMILES string of the molecule is [B]c1ccc(NC(=O)c2cc(NC(=O)c3c(F)ccc(CNC(=O)C(C)(C)C)c3Cl)ccc2OCC(F)F)cc1. The van der Waals surface area contributed by atoms with E-state index in [9.17, 15) is 27.6 Å². The third kappa shape index (κ3) is 8.01. The molecule has 0 saturated heterocycles. The van der Waals surface area contributed by atoms with Gasteiger partial charge in [-0.1, -0.05) is 56.0 Å². The van der Waals surface area contributed by atoms with E-state index in [-0.39, 0.29) is 34.5 Å². The van der Waals surface area contributed by atoms with Crippen LogP contribution < -0.4 is 26.2 Å². The molecule has 0 bridgehead atoms. The highest BCUT2D eigenvalue weighted by atomic mass is 35.5. The van der Waals surface area contributed by atoms with E-state index in [2.05, 4.69) is 16.0 Å². The van der Waals surface area contributed by atoms with Gasteiger partial charge in [-0.25, -0.2) is 13.2 Å². The van der Waals surface area contributed by atoms with Gasteiger partial charge in [-0.2, -0.15) is 0 Å². The first-order chi connectivity index (χ1) is 18.8. The molecule has 0 unspecified atom stereocenters. The van der Waals surface area contributed by atoms with E-state index >= 15 is 0 Å². The Bertz CT molecular complexity index is 1410. The van der Waals surface area contributed by atoms with Gasteiger partial charge in [-0.3, -0.25) is 14.4 Å². The van der Waals surface area contributed by atoms with E-state index < -0.39 is 41.6 Å². The van der Waals surface area contributed by atoms with E-state index in [0.29, 0.717) is 16.7 Å². The van der Waals surface area contributed by atoms with Crippen LogP contribution in [0.2, 0.25) is 5.02 Å². The summed E-state index contributed by atoms with van der Waals surface area (Å²) in [6.07, 6.45) is -2.79. The minimum absolute atomic E-state index is 0.0405. The van der Waals surface area contributed by atoms with Crippen LogP contribution in [0.1, 0.15) is 47.1 Å². The minimum atomic E-state index is -2.79. The Labute approximate surface area is 235 Å². The van der Waals surface area contributed by atoms with Crippen molar-refractivity contribution in [3.63, 3.8) is 0 Å². The molecular weight excluding hydrogens is 546 g/mol.